The summed E-state index contributed by atoms with van der Waals surface area (Å²) in [5, 5.41) is 0. The third-order valence-corrected chi connectivity index (χ3v) is 7.26. The topological polar surface area (TPSA) is 115 Å². The molecule has 0 radical (unpaired) electrons. The Hall–Kier alpha value is -4.57. The number of nitrogens with two attached hydrogens (primary N) is 1. The van der Waals surface area contributed by atoms with Gasteiger partial charge in [0.25, 0.3) is 5.91 Å². The number of benzene rings is 3. The van der Waals surface area contributed by atoms with Crippen LogP contribution in [0.2, 0.25) is 0 Å². The average Bonchev–Trinajstić information content (AvgIpc) is 3.01. The maximum atomic E-state index is 13.8. The van der Waals surface area contributed by atoms with Gasteiger partial charge in [-0.15, -0.1) is 0 Å². The number of likely N-dealkylation sites (tertiary alicyclic amines) is 1. The molecule has 2 amide bonds. The highest BCUT2D eigenvalue weighted by Crippen LogP contribution is 2.29. The molecule has 1 saturated heterocycles. The van der Waals surface area contributed by atoms with E-state index in [1.807, 2.05) is 18.2 Å². The van der Waals surface area contributed by atoms with Crippen LogP contribution >= 0.6 is 0 Å². The largest absolute Gasteiger partial charge is 0.495 e. The monoisotopic (exact) mass is 574 g/mol. The molecular formula is C32H35FN4O5. The second kappa shape index (κ2) is 14.4. The first-order valence-electron chi connectivity index (χ1n) is 13.9. The Morgan fingerprint density at radius 1 is 0.952 bits per heavy atom. The van der Waals surface area contributed by atoms with E-state index in [-0.39, 0.29) is 35.9 Å². The highest BCUT2D eigenvalue weighted by Gasteiger charge is 2.27. The molecule has 1 fully saturated rings. The van der Waals surface area contributed by atoms with Crippen LogP contribution in [0.15, 0.2) is 77.8 Å². The van der Waals surface area contributed by atoms with Gasteiger partial charge in [0.15, 0.2) is 5.78 Å². The number of rotatable bonds is 10. The molecule has 0 unspecified atom stereocenters. The summed E-state index contributed by atoms with van der Waals surface area (Å²) in [5.41, 5.74) is 8.02. The van der Waals surface area contributed by atoms with Crippen molar-refractivity contribution in [1.82, 2.24) is 4.90 Å². The van der Waals surface area contributed by atoms with Crippen LogP contribution in [-0.2, 0) is 4.74 Å². The first kappa shape index (κ1) is 30.4. The zero-order valence-electron chi connectivity index (χ0n) is 23.8. The van der Waals surface area contributed by atoms with Crippen LogP contribution in [0.4, 0.5) is 14.9 Å². The van der Waals surface area contributed by atoms with E-state index in [9.17, 15) is 18.8 Å². The zero-order chi connectivity index (χ0) is 30.1. The number of amides is 2. The lowest BCUT2D eigenvalue weighted by atomic mass is 9.89. The molecule has 220 valence electrons. The number of anilines is 1. The van der Waals surface area contributed by atoms with Gasteiger partial charge in [0.2, 0.25) is 0 Å². The van der Waals surface area contributed by atoms with Gasteiger partial charge in [-0.2, -0.15) is 4.99 Å². The van der Waals surface area contributed by atoms with Crippen LogP contribution in [0.1, 0.15) is 46.0 Å². The number of carbonyl (C=O) groups is 3. The van der Waals surface area contributed by atoms with Crippen molar-refractivity contribution in [2.75, 3.05) is 44.8 Å². The van der Waals surface area contributed by atoms with Crippen molar-refractivity contribution in [2.45, 2.75) is 19.8 Å². The van der Waals surface area contributed by atoms with Crippen LogP contribution < -0.4 is 15.4 Å². The molecule has 2 N–H and O–H groups in total. The first-order chi connectivity index (χ1) is 20.3. The number of nitrogens with zero attached hydrogens (tertiary/aromatic N) is 3. The maximum Gasteiger partial charge on any atom is 0.435 e. The summed E-state index contributed by atoms with van der Waals surface area (Å²) >= 11 is 0. The SMILES string of the molecule is CCOC(=O)N=C(N)c1ccc(C(=O)N(CCN2CCC(C(=O)c3ccc(F)cc3)CC2)c2ccccc2OC)cc1. The van der Waals surface area contributed by atoms with Crippen LogP contribution in [0, 0.1) is 11.7 Å². The highest BCUT2D eigenvalue weighted by atomic mass is 19.1. The van der Waals surface area contributed by atoms with Gasteiger partial charge in [0.1, 0.15) is 17.4 Å². The van der Waals surface area contributed by atoms with E-state index in [0.29, 0.717) is 67.1 Å². The number of hydrogen-bond donors (Lipinski definition) is 1. The summed E-state index contributed by atoms with van der Waals surface area (Å²) in [6, 6.07) is 19.6. The minimum absolute atomic E-state index is 0.00431. The van der Waals surface area contributed by atoms with Crippen molar-refractivity contribution < 1.29 is 28.2 Å². The van der Waals surface area contributed by atoms with E-state index in [0.717, 1.165) is 0 Å². The number of halogens is 1. The molecule has 4 rings (SSSR count). The van der Waals surface area contributed by atoms with Gasteiger partial charge in [0.05, 0.1) is 19.4 Å². The third kappa shape index (κ3) is 7.58. The number of aliphatic imine (C=N–C) groups is 1. The summed E-state index contributed by atoms with van der Waals surface area (Å²) < 4.78 is 23.6. The lowest BCUT2D eigenvalue weighted by Gasteiger charge is -2.33. The van der Waals surface area contributed by atoms with Crippen molar-refractivity contribution in [3.8, 4) is 5.75 Å². The molecule has 1 aliphatic rings. The molecule has 0 aromatic heterocycles. The highest BCUT2D eigenvalue weighted by molar-refractivity contribution is 6.08. The molecule has 1 aliphatic heterocycles. The minimum Gasteiger partial charge on any atom is -0.495 e. The number of carbonyl (C=O) groups excluding carboxylic acids is 3. The molecular weight excluding hydrogens is 539 g/mol. The van der Waals surface area contributed by atoms with Crippen LogP contribution in [0.3, 0.4) is 0 Å². The number of ketones is 1. The molecule has 3 aromatic rings. The van der Waals surface area contributed by atoms with Gasteiger partial charge in [0, 0.05) is 35.7 Å². The Morgan fingerprint density at radius 2 is 1.57 bits per heavy atom. The Morgan fingerprint density at radius 3 is 2.21 bits per heavy atom. The molecule has 1 heterocycles. The van der Waals surface area contributed by atoms with E-state index in [4.69, 9.17) is 15.2 Å². The number of hydrogen-bond acceptors (Lipinski definition) is 6. The van der Waals surface area contributed by atoms with Crippen molar-refractivity contribution >= 4 is 29.3 Å². The van der Waals surface area contributed by atoms with Crippen molar-refractivity contribution in [3.05, 3.63) is 95.3 Å². The van der Waals surface area contributed by atoms with Crippen LogP contribution in [0.5, 0.6) is 5.75 Å². The Bertz CT molecular complexity index is 1420. The molecule has 10 heteroatoms. The summed E-state index contributed by atoms with van der Waals surface area (Å²) in [6.45, 7) is 4.27. The molecule has 0 aliphatic carbocycles. The van der Waals surface area contributed by atoms with Crippen LogP contribution in [-0.4, -0.2) is 68.4 Å². The zero-order valence-corrected chi connectivity index (χ0v) is 23.8. The van der Waals surface area contributed by atoms with E-state index in [1.165, 1.54) is 24.3 Å². The molecule has 0 saturated carbocycles. The summed E-state index contributed by atoms with van der Waals surface area (Å²) in [7, 11) is 1.56. The molecule has 0 bridgehead atoms. The second-order valence-corrected chi connectivity index (χ2v) is 9.89. The second-order valence-electron chi connectivity index (χ2n) is 9.89. The predicted molar refractivity (Wildman–Crippen MR) is 159 cm³/mol. The Labute approximate surface area is 244 Å². The normalized spacial score (nSPS) is 14.3. The molecule has 9 nitrogen and oxygen atoms in total. The first-order valence-corrected chi connectivity index (χ1v) is 13.9. The van der Waals surface area contributed by atoms with Crippen molar-refractivity contribution in [2.24, 2.45) is 16.6 Å². The number of amidine groups is 1. The van der Waals surface area contributed by atoms with Crippen LogP contribution in [0.25, 0.3) is 0 Å². The fourth-order valence-electron chi connectivity index (χ4n) is 4.95. The van der Waals surface area contributed by atoms with Gasteiger partial charge in [-0.25, -0.2) is 9.18 Å². The Kier molecular flexibility index (Phi) is 10.4. The van der Waals surface area contributed by atoms with Gasteiger partial charge in [-0.05, 0) is 81.4 Å². The minimum atomic E-state index is -0.777. The number of para-hydroxylation sites is 2. The number of Topliss-reactive ketones (excluding diaryl/α,β-unsaturated/α-hetero) is 1. The molecule has 0 spiro atoms. The van der Waals surface area contributed by atoms with Crippen molar-refractivity contribution in [1.29, 1.82) is 0 Å². The quantitative estimate of drug-likeness (QED) is 0.207. The molecule has 42 heavy (non-hydrogen) atoms. The van der Waals surface area contributed by atoms with Crippen molar-refractivity contribution in [3.63, 3.8) is 0 Å². The van der Waals surface area contributed by atoms with Gasteiger partial charge in [-0.3, -0.25) is 9.59 Å². The maximum absolute atomic E-state index is 13.8. The van der Waals surface area contributed by atoms with Gasteiger partial charge < -0.3 is 25.0 Å². The van der Waals surface area contributed by atoms with E-state index >= 15 is 0 Å². The molecule has 3 aromatic carbocycles. The molecule has 0 atom stereocenters. The number of piperidine rings is 1. The fraction of sp³-hybridized carbons (Fsp3) is 0.312. The predicted octanol–water partition coefficient (Wildman–Crippen LogP) is 4.94. The summed E-state index contributed by atoms with van der Waals surface area (Å²) in [6.07, 6.45) is 0.603. The van der Waals surface area contributed by atoms with E-state index in [2.05, 4.69) is 9.89 Å². The average molecular weight is 575 g/mol. The van der Waals surface area contributed by atoms with E-state index in [1.54, 1.807) is 49.3 Å². The summed E-state index contributed by atoms with van der Waals surface area (Å²) in [5.74, 6) is -0.104. The van der Waals surface area contributed by atoms with Gasteiger partial charge >= 0.3 is 6.09 Å². The standard InChI is InChI=1S/C32H35FN4O5/c1-3-42-32(40)35-30(34)24-8-10-25(11-9-24)31(39)37(27-6-4-5-7-28(27)41-2)21-20-36-18-16-23(17-19-36)29(38)22-12-14-26(33)15-13-22/h4-15,23H,3,16-21H2,1-2H3,(H2,34,35,40). The smallest absolute Gasteiger partial charge is 0.435 e. The summed E-state index contributed by atoms with van der Waals surface area (Å²) in [4.78, 5) is 46.0. The number of ether oxygens (including phenoxy) is 2. The lowest BCUT2D eigenvalue weighted by molar-refractivity contribution is 0.0841. The van der Waals surface area contributed by atoms with E-state index < -0.39 is 6.09 Å². The van der Waals surface area contributed by atoms with Gasteiger partial charge in [-0.1, -0.05) is 24.3 Å². The third-order valence-electron chi connectivity index (χ3n) is 7.26. The Balaban J connectivity index is 1.45. The lowest BCUT2D eigenvalue weighted by Crippen LogP contribution is -2.43. The fourth-order valence-corrected chi connectivity index (χ4v) is 4.95. The number of methoxy groups -OCH3 is 1.